The maximum Gasteiger partial charge on any atom is 0.259 e. The van der Waals surface area contributed by atoms with Crippen molar-refractivity contribution >= 4 is 17.9 Å². The molecule has 0 aromatic heterocycles. The molecule has 3 nitrogen and oxygen atoms in total. The Bertz CT molecular complexity index is 1010. The predicted octanol–water partition coefficient (Wildman–Crippen LogP) is 4.47. The molecule has 0 radical (unpaired) electrons. The van der Waals surface area contributed by atoms with Crippen molar-refractivity contribution in [1.82, 2.24) is 5.32 Å². The normalized spacial score (nSPS) is 13.1. The fraction of sp³-hybridized carbons (Fsp3) is 0.0435. The fourth-order valence-corrected chi connectivity index (χ4v) is 3.50. The van der Waals surface area contributed by atoms with Crippen LogP contribution in [0.1, 0.15) is 37.4 Å². The van der Waals surface area contributed by atoms with Crippen LogP contribution in [0.2, 0.25) is 0 Å². The zero-order valence-corrected chi connectivity index (χ0v) is 14.2. The molecule has 0 unspecified atom stereocenters. The van der Waals surface area contributed by atoms with Crippen LogP contribution >= 0.6 is 0 Å². The molecule has 0 spiro atoms. The number of imide groups is 1. The number of carbonyl (C=O) groups excluding carboxylic acids is 2. The van der Waals surface area contributed by atoms with Gasteiger partial charge in [-0.2, -0.15) is 0 Å². The molecule has 0 fully saturated rings. The first-order valence-corrected chi connectivity index (χ1v) is 8.46. The first-order valence-electron chi connectivity index (χ1n) is 8.46. The minimum Gasteiger partial charge on any atom is -0.288 e. The quantitative estimate of drug-likeness (QED) is 0.520. The molecule has 3 heteroatoms. The highest BCUT2D eigenvalue weighted by atomic mass is 16.2. The average molecular weight is 339 g/mol. The van der Waals surface area contributed by atoms with Crippen LogP contribution < -0.4 is 5.32 Å². The molecule has 5 rings (SSSR count). The molecule has 1 heterocycles. The highest BCUT2D eigenvalue weighted by Gasteiger charge is 2.27. The van der Waals surface area contributed by atoms with Gasteiger partial charge in [-0.3, -0.25) is 14.9 Å². The van der Waals surface area contributed by atoms with E-state index in [1.165, 1.54) is 22.3 Å². The molecule has 1 N–H and O–H groups in total. The van der Waals surface area contributed by atoms with Gasteiger partial charge in [0.15, 0.2) is 0 Å². The summed E-state index contributed by atoms with van der Waals surface area (Å²) < 4.78 is 0. The van der Waals surface area contributed by atoms with Crippen LogP contribution in [0.4, 0.5) is 0 Å². The van der Waals surface area contributed by atoms with Gasteiger partial charge < -0.3 is 0 Å². The van der Waals surface area contributed by atoms with Crippen molar-refractivity contribution in [1.29, 1.82) is 0 Å². The third-order valence-electron chi connectivity index (χ3n) is 4.72. The van der Waals surface area contributed by atoms with Crippen LogP contribution in [0, 0.1) is 0 Å². The zero-order chi connectivity index (χ0) is 18.1. The van der Waals surface area contributed by atoms with Gasteiger partial charge >= 0.3 is 0 Å². The van der Waals surface area contributed by atoms with Gasteiger partial charge in [-0.05, 0) is 40.3 Å². The lowest BCUT2D eigenvalue weighted by atomic mass is 10.0. The summed E-state index contributed by atoms with van der Waals surface area (Å²) in [6, 6.07) is 22.4. The maximum atomic E-state index is 11.3. The number of fused-ring (bicyclic) bond motifs is 4. The lowest BCUT2D eigenvalue weighted by molar-refractivity contribution is 0.0879. The minimum absolute atomic E-state index is 0.330. The summed E-state index contributed by atoms with van der Waals surface area (Å²) in [5.74, 6) is -0.667. The van der Waals surface area contributed by atoms with Crippen molar-refractivity contribution in [3.05, 3.63) is 101 Å². The molecule has 1 aliphatic carbocycles. The van der Waals surface area contributed by atoms with E-state index < -0.39 is 0 Å². The number of benzene rings is 3. The van der Waals surface area contributed by atoms with Gasteiger partial charge in [0.25, 0.3) is 11.8 Å². The Kier molecular flexibility index (Phi) is 3.98. The Hall–Kier alpha value is -3.46. The second-order valence-electron chi connectivity index (χ2n) is 6.25. The van der Waals surface area contributed by atoms with E-state index in [2.05, 4.69) is 60.4 Å². The van der Waals surface area contributed by atoms with Crippen LogP contribution in [0.15, 0.2) is 73.3 Å². The lowest BCUT2D eigenvalue weighted by Crippen LogP contribution is -2.20. The number of nitrogens with one attached hydrogen (secondary N) is 1. The third-order valence-corrected chi connectivity index (χ3v) is 4.72. The van der Waals surface area contributed by atoms with Crippen molar-refractivity contribution in [3.8, 4) is 11.1 Å². The fourth-order valence-electron chi connectivity index (χ4n) is 3.50. The first-order chi connectivity index (χ1) is 12.7. The van der Waals surface area contributed by atoms with E-state index >= 15 is 0 Å². The second kappa shape index (κ2) is 6.45. The molecule has 26 heavy (non-hydrogen) atoms. The molecule has 0 saturated heterocycles. The Morgan fingerprint density at radius 2 is 1.31 bits per heavy atom. The summed E-state index contributed by atoms with van der Waals surface area (Å²) in [6.45, 7) is 3.58. The summed E-state index contributed by atoms with van der Waals surface area (Å²) >= 11 is 0. The van der Waals surface area contributed by atoms with Crippen LogP contribution in [0.25, 0.3) is 17.2 Å². The molecule has 0 bridgehead atoms. The van der Waals surface area contributed by atoms with Crippen molar-refractivity contribution in [2.45, 2.75) is 6.42 Å². The number of hydrogen-bond acceptors (Lipinski definition) is 2. The summed E-state index contributed by atoms with van der Waals surface area (Å²) in [7, 11) is 0. The van der Waals surface area contributed by atoms with Crippen LogP contribution in [-0.2, 0) is 6.42 Å². The van der Waals surface area contributed by atoms with Gasteiger partial charge in [-0.25, -0.2) is 0 Å². The monoisotopic (exact) mass is 339 g/mol. The van der Waals surface area contributed by atoms with Gasteiger partial charge in [0.05, 0.1) is 11.1 Å². The molecule has 0 saturated carbocycles. The third kappa shape index (κ3) is 2.64. The van der Waals surface area contributed by atoms with Crippen molar-refractivity contribution in [2.24, 2.45) is 0 Å². The average Bonchev–Trinajstić information content (AvgIpc) is 3.20. The van der Waals surface area contributed by atoms with E-state index in [1.54, 1.807) is 24.3 Å². The topological polar surface area (TPSA) is 46.2 Å². The van der Waals surface area contributed by atoms with Crippen LogP contribution in [-0.4, -0.2) is 11.8 Å². The molecular weight excluding hydrogens is 322 g/mol. The molecular formula is C23H17NO2. The van der Waals surface area contributed by atoms with E-state index in [0.29, 0.717) is 16.7 Å². The Labute approximate surface area is 152 Å². The van der Waals surface area contributed by atoms with Gasteiger partial charge in [-0.15, -0.1) is 0 Å². The minimum atomic E-state index is -0.337. The van der Waals surface area contributed by atoms with E-state index in [-0.39, 0.29) is 11.8 Å². The molecule has 2 amide bonds. The summed E-state index contributed by atoms with van der Waals surface area (Å²) in [5, 5.41) is 2.23. The van der Waals surface area contributed by atoms with Crippen molar-refractivity contribution in [3.63, 3.8) is 0 Å². The van der Waals surface area contributed by atoms with Gasteiger partial charge in [-0.1, -0.05) is 73.3 Å². The molecule has 126 valence electrons. The summed E-state index contributed by atoms with van der Waals surface area (Å²) in [5.41, 5.74) is 7.31. The smallest absolute Gasteiger partial charge is 0.259 e. The van der Waals surface area contributed by atoms with Gasteiger partial charge in [0, 0.05) is 0 Å². The molecule has 2 aliphatic rings. The maximum absolute atomic E-state index is 11.3. The van der Waals surface area contributed by atoms with E-state index in [9.17, 15) is 9.59 Å². The zero-order valence-electron chi connectivity index (χ0n) is 14.2. The highest BCUT2D eigenvalue weighted by Crippen LogP contribution is 2.35. The predicted molar refractivity (Wildman–Crippen MR) is 103 cm³/mol. The van der Waals surface area contributed by atoms with Gasteiger partial charge in [0.2, 0.25) is 0 Å². The van der Waals surface area contributed by atoms with Crippen molar-refractivity contribution in [2.75, 3.05) is 0 Å². The van der Waals surface area contributed by atoms with Gasteiger partial charge in [0.1, 0.15) is 0 Å². The number of rotatable bonds is 1. The second-order valence-corrected chi connectivity index (χ2v) is 6.25. The number of amides is 2. The Morgan fingerprint density at radius 1 is 0.731 bits per heavy atom. The Balaban J connectivity index is 0.000000129. The molecule has 3 aromatic rings. The van der Waals surface area contributed by atoms with E-state index in [0.717, 1.165) is 6.42 Å². The van der Waals surface area contributed by atoms with E-state index in [4.69, 9.17) is 0 Å². The largest absolute Gasteiger partial charge is 0.288 e. The Morgan fingerprint density at radius 3 is 1.92 bits per heavy atom. The molecule has 3 aromatic carbocycles. The van der Waals surface area contributed by atoms with E-state index in [1.807, 2.05) is 0 Å². The lowest BCUT2D eigenvalue weighted by Gasteiger charge is -1.98. The van der Waals surface area contributed by atoms with Crippen LogP contribution in [0.5, 0.6) is 0 Å². The first kappa shape index (κ1) is 16.0. The number of hydrogen-bond donors (Lipinski definition) is 1. The highest BCUT2D eigenvalue weighted by molar-refractivity contribution is 6.22. The van der Waals surface area contributed by atoms with Crippen molar-refractivity contribution < 1.29 is 9.59 Å². The molecule has 0 atom stereocenters. The molecule has 1 aliphatic heterocycles. The van der Waals surface area contributed by atoms with Crippen LogP contribution in [0.3, 0.4) is 0 Å². The standard InChI is InChI=1S/C13H10.C10H7NO2/c1-3-7-12-10(5-1)9-11-6-2-4-8-13(11)12;1-2-6-4-3-5-7-8(6)10(13)11-9(7)12/h1-8H,9H2;2-5H,1H2,(H,11,12,13). The summed E-state index contributed by atoms with van der Waals surface area (Å²) in [4.78, 5) is 22.5. The SMILES string of the molecule is C=Cc1cccc2c1C(=O)NC2=O.c1ccc2c(c1)Cc1ccccc1-2. The summed E-state index contributed by atoms with van der Waals surface area (Å²) in [6.07, 6.45) is 2.67. The number of carbonyl (C=O) groups is 2.